The number of benzene rings is 1. The molecule has 0 saturated heterocycles. The summed E-state index contributed by atoms with van der Waals surface area (Å²) in [5.41, 5.74) is 0.591. The molecule has 2 heterocycles. The second-order valence-corrected chi connectivity index (χ2v) is 4.96. The van der Waals surface area contributed by atoms with E-state index in [0.29, 0.717) is 35.8 Å². The van der Waals surface area contributed by atoms with Crippen LogP contribution in [0.1, 0.15) is 5.76 Å². The van der Waals surface area contributed by atoms with Crippen LogP contribution in [0.2, 0.25) is 0 Å². The molecule has 0 aliphatic heterocycles. The average molecular weight is 325 g/mol. The van der Waals surface area contributed by atoms with Crippen LogP contribution in [0, 0.1) is 10.1 Å². The van der Waals surface area contributed by atoms with Gasteiger partial charge in [-0.15, -0.1) is 6.58 Å². The van der Waals surface area contributed by atoms with E-state index >= 15 is 0 Å². The first-order valence-electron chi connectivity index (χ1n) is 7.24. The second kappa shape index (κ2) is 6.78. The van der Waals surface area contributed by atoms with Gasteiger partial charge in [0.15, 0.2) is 0 Å². The van der Waals surface area contributed by atoms with Gasteiger partial charge < -0.3 is 15.1 Å². The molecule has 122 valence electrons. The van der Waals surface area contributed by atoms with Crippen LogP contribution < -0.4 is 10.6 Å². The molecule has 1 aromatic carbocycles. The lowest BCUT2D eigenvalue weighted by atomic mass is 10.2. The number of nitrogens with zero attached hydrogens (tertiary/aromatic N) is 3. The van der Waals surface area contributed by atoms with Gasteiger partial charge in [-0.3, -0.25) is 10.1 Å². The topological polar surface area (TPSA) is 106 Å². The van der Waals surface area contributed by atoms with Crippen molar-refractivity contribution in [1.29, 1.82) is 0 Å². The van der Waals surface area contributed by atoms with E-state index in [-0.39, 0.29) is 5.69 Å². The minimum Gasteiger partial charge on any atom is -0.467 e. The lowest BCUT2D eigenvalue weighted by Gasteiger charge is -2.10. The van der Waals surface area contributed by atoms with E-state index in [1.54, 1.807) is 24.5 Å². The third-order valence-corrected chi connectivity index (χ3v) is 3.30. The molecule has 0 unspecified atom stereocenters. The fourth-order valence-corrected chi connectivity index (χ4v) is 2.19. The molecule has 0 saturated carbocycles. The van der Waals surface area contributed by atoms with Crippen molar-refractivity contribution in [2.75, 3.05) is 17.2 Å². The molecule has 3 aromatic rings. The van der Waals surface area contributed by atoms with Gasteiger partial charge in [0.05, 0.1) is 23.2 Å². The third kappa shape index (κ3) is 3.32. The molecule has 0 radical (unpaired) electrons. The largest absolute Gasteiger partial charge is 0.467 e. The van der Waals surface area contributed by atoms with Crippen molar-refractivity contribution in [2.45, 2.75) is 6.54 Å². The normalized spacial score (nSPS) is 10.5. The molecule has 3 rings (SSSR count). The highest BCUT2D eigenvalue weighted by Gasteiger charge is 2.13. The minimum atomic E-state index is -0.445. The fourth-order valence-electron chi connectivity index (χ4n) is 2.19. The van der Waals surface area contributed by atoms with E-state index in [9.17, 15) is 10.1 Å². The first-order valence-corrected chi connectivity index (χ1v) is 7.24. The Kier molecular flexibility index (Phi) is 4.37. The number of non-ortho nitro benzene ring substituents is 1. The molecular formula is C16H15N5O3. The standard InChI is InChI=1S/C16H15N5O3/c1-2-7-17-15-13-9-11(21(22)23)5-6-14(13)19-16(20-15)18-10-12-4-3-8-24-12/h2-6,8-9H,1,7,10H2,(H2,17,18,19,20). The second-order valence-electron chi connectivity index (χ2n) is 4.96. The molecule has 0 fully saturated rings. The predicted octanol–water partition coefficient (Wildman–Crippen LogP) is 3.34. The molecule has 8 nitrogen and oxygen atoms in total. The molecular weight excluding hydrogens is 310 g/mol. The number of hydrogen-bond donors (Lipinski definition) is 2. The smallest absolute Gasteiger partial charge is 0.270 e. The van der Waals surface area contributed by atoms with Crippen LogP contribution >= 0.6 is 0 Å². The molecule has 2 N–H and O–H groups in total. The number of nitro benzene ring substituents is 1. The van der Waals surface area contributed by atoms with Crippen molar-refractivity contribution in [3.8, 4) is 0 Å². The summed E-state index contributed by atoms with van der Waals surface area (Å²) < 4.78 is 5.26. The van der Waals surface area contributed by atoms with Gasteiger partial charge in [-0.25, -0.2) is 4.98 Å². The number of hydrogen-bond acceptors (Lipinski definition) is 7. The number of fused-ring (bicyclic) bond motifs is 1. The summed E-state index contributed by atoms with van der Waals surface area (Å²) in [6, 6.07) is 8.12. The number of nitro groups is 1. The molecule has 0 aliphatic carbocycles. The van der Waals surface area contributed by atoms with Crippen LogP contribution in [-0.2, 0) is 6.54 Å². The van der Waals surface area contributed by atoms with Gasteiger partial charge >= 0.3 is 0 Å². The number of furan rings is 1. The third-order valence-electron chi connectivity index (χ3n) is 3.30. The van der Waals surface area contributed by atoms with Crippen LogP contribution in [0.25, 0.3) is 10.9 Å². The van der Waals surface area contributed by atoms with E-state index in [0.717, 1.165) is 5.76 Å². The summed E-state index contributed by atoms with van der Waals surface area (Å²) >= 11 is 0. The van der Waals surface area contributed by atoms with E-state index in [1.165, 1.54) is 12.1 Å². The summed E-state index contributed by atoms with van der Waals surface area (Å²) in [5, 5.41) is 17.7. The number of nitrogens with one attached hydrogen (secondary N) is 2. The molecule has 2 aromatic heterocycles. The zero-order valence-electron chi connectivity index (χ0n) is 12.7. The zero-order valence-corrected chi connectivity index (χ0v) is 12.7. The van der Waals surface area contributed by atoms with Crippen LogP contribution in [-0.4, -0.2) is 21.4 Å². The highest BCUT2D eigenvalue weighted by atomic mass is 16.6. The lowest BCUT2D eigenvalue weighted by Crippen LogP contribution is -2.07. The Hall–Kier alpha value is -3.42. The first kappa shape index (κ1) is 15.5. The molecule has 24 heavy (non-hydrogen) atoms. The van der Waals surface area contributed by atoms with Gasteiger partial charge in [-0.05, 0) is 18.2 Å². The van der Waals surface area contributed by atoms with Gasteiger partial charge in [0.1, 0.15) is 11.6 Å². The molecule has 0 amide bonds. The van der Waals surface area contributed by atoms with E-state index in [1.807, 2.05) is 6.07 Å². The van der Waals surface area contributed by atoms with Crippen LogP contribution in [0.15, 0.2) is 53.7 Å². The molecule has 0 atom stereocenters. The van der Waals surface area contributed by atoms with Gasteiger partial charge in [-0.1, -0.05) is 6.08 Å². The number of rotatable bonds is 7. The minimum absolute atomic E-state index is 0.0101. The summed E-state index contributed by atoms with van der Waals surface area (Å²) in [7, 11) is 0. The van der Waals surface area contributed by atoms with Crippen molar-refractivity contribution >= 4 is 28.4 Å². The Morgan fingerprint density at radius 2 is 2.17 bits per heavy atom. The quantitative estimate of drug-likeness (QED) is 0.390. The molecule has 0 bridgehead atoms. The summed E-state index contributed by atoms with van der Waals surface area (Å²) in [6.07, 6.45) is 3.27. The van der Waals surface area contributed by atoms with Crippen molar-refractivity contribution in [3.05, 3.63) is 65.1 Å². The monoisotopic (exact) mass is 325 g/mol. The molecule has 8 heteroatoms. The SMILES string of the molecule is C=CCNc1nc(NCc2ccco2)nc2ccc([N+](=O)[O-])cc12. The van der Waals surface area contributed by atoms with E-state index in [2.05, 4.69) is 27.2 Å². The Balaban J connectivity index is 1.96. The molecule has 0 aliphatic rings. The van der Waals surface area contributed by atoms with Crippen molar-refractivity contribution in [1.82, 2.24) is 9.97 Å². The zero-order chi connectivity index (χ0) is 16.9. The first-order chi connectivity index (χ1) is 11.7. The summed E-state index contributed by atoms with van der Waals surface area (Å²) in [6.45, 7) is 4.57. The van der Waals surface area contributed by atoms with E-state index < -0.39 is 4.92 Å². The Labute approximate surface area is 137 Å². The average Bonchev–Trinajstić information content (AvgIpc) is 3.10. The van der Waals surface area contributed by atoms with Crippen molar-refractivity contribution < 1.29 is 9.34 Å². The highest BCUT2D eigenvalue weighted by molar-refractivity contribution is 5.91. The van der Waals surface area contributed by atoms with Crippen LogP contribution in [0.4, 0.5) is 17.5 Å². The maximum Gasteiger partial charge on any atom is 0.270 e. The van der Waals surface area contributed by atoms with Crippen LogP contribution in [0.3, 0.4) is 0 Å². The van der Waals surface area contributed by atoms with Crippen LogP contribution in [0.5, 0.6) is 0 Å². The Bertz CT molecular complexity index is 877. The van der Waals surface area contributed by atoms with Crippen molar-refractivity contribution in [3.63, 3.8) is 0 Å². The predicted molar refractivity (Wildman–Crippen MR) is 90.9 cm³/mol. The fraction of sp³-hybridized carbons (Fsp3) is 0.125. The molecule has 0 spiro atoms. The number of anilines is 2. The van der Waals surface area contributed by atoms with Gasteiger partial charge in [0.2, 0.25) is 5.95 Å². The number of aromatic nitrogens is 2. The Morgan fingerprint density at radius 3 is 2.88 bits per heavy atom. The summed E-state index contributed by atoms with van der Waals surface area (Å²) in [5.74, 6) is 1.66. The van der Waals surface area contributed by atoms with Gasteiger partial charge in [-0.2, -0.15) is 4.98 Å². The van der Waals surface area contributed by atoms with Gasteiger partial charge in [0.25, 0.3) is 5.69 Å². The van der Waals surface area contributed by atoms with Gasteiger partial charge in [0, 0.05) is 24.1 Å². The summed E-state index contributed by atoms with van der Waals surface area (Å²) in [4.78, 5) is 19.3. The Morgan fingerprint density at radius 1 is 1.29 bits per heavy atom. The maximum atomic E-state index is 11.0. The highest BCUT2D eigenvalue weighted by Crippen LogP contribution is 2.26. The van der Waals surface area contributed by atoms with Crippen molar-refractivity contribution in [2.24, 2.45) is 0 Å². The lowest BCUT2D eigenvalue weighted by molar-refractivity contribution is -0.384. The van der Waals surface area contributed by atoms with E-state index in [4.69, 9.17) is 4.42 Å². The maximum absolute atomic E-state index is 11.0.